The summed E-state index contributed by atoms with van der Waals surface area (Å²) in [6.07, 6.45) is 0. The molecule has 1 aromatic carbocycles. The van der Waals surface area contributed by atoms with Crippen LogP contribution in [0.4, 0.5) is 0 Å². The number of hydrogen-bond donors (Lipinski definition) is 1. The predicted molar refractivity (Wildman–Crippen MR) is 57.1 cm³/mol. The summed E-state index contributed by atoms with van der Waals surface area (Å²) in [6, 6.07) is 8.10. The van der Waals surface area contributed by atoms with E-state index in [2.05, 4.69) is 0 Å². The fourth-order valence-electron chi connectivity index (χ4n) is 1.23. The van der Waals surface area contributed by atoms with Crippen molar-refractivity contribution in [2.45, 2.75) is 13.8 Å². The molecule has 1 rings (SSSR count). The lowest BCUT2D eigenvalue weighted by Gasteiger charge is -2.13. The van der Waals surface area contributed by atoms with Gasteiger partial charge >= 0.3 is 0 Å². The summed E-state index contributed by atoms with van der Waals surface area (Å²) >= 11 is 0. The molecular formula is C12H17O2. The zero-order valence-corrected chi connectivity index (χ0v) is 8.79. The predicted octanol–water partition coefficient (Wildman–Crippen LogP) is 1.95. The van der Waals surface area contributed by atoms with E-state index < -0.39 is 0 Å². The van der Waals surface area contributed by atoms with E-state index in [0.717, 1.165) is 11.5 Å². The summed E-state index contributed by atoms with van der Waals surface area (Å²) in [5.41, 5.74) is 2.29. The van der Waals surface area contributed by atoms with E-state index in [0.29, 0.717) is 13.2 Å². The Balaban J connectivity index is 2.64. The van der Waals surface area contributed by atoms with Crippen LogP contribution in [0, 0.1) is 12.8 Å². The van der Waals surface area contributed by atoms with Gasteiger partial charge in [0.05, 0.1) is 19.1 Å². The molecule has 0 saturated carbocycles. The highest BCUT2D eigenvalue weighted by Gasteiger charge is 2.10. The Morgan fingerprint density at radius 1 is 1.29 bits per heavy atom. The number of benzene rings is 1. The molecule has 0 aliphatic carbocycles. The average Bonchev–Trinajstić information content (AvgIpc) is 2.21. The van der Waals surface area contributed by atoms with Crippen molar-refractivity contribution < 1.29 is 9.84 Å². The van der Waals surface area contributed by atoms with Crippen molar-refractivity contribution in [2.24, 2.45) is 0 Å². The van der Waals surface area contributed by atoms with Gasteiger partial charge in [0.1, 0.15) is 0 Å². The fraction of sp³-hybridized carbons (Fsp3) is 0.417. The SMILES string of the molecule is CCOC[C](CO)c1ccc(C)cc1. The highest BCUT2D eigenvalue weighted by molar-refractivity contribution is 5.33. The molecule has 0 bridgehead atoms. The zero-order valence-electron chi connectivity index (χ0n) is 8.79. The van der Waals surface area contributed by atoms with Gasteiger partial charge in [0.2, 0.25) is 0 Å². The molecule has 14 heavy (non-hydrogen) atoms. The third-order valence-corrected chi connectivity index (χ3v) is 2.13. The lowest BCUT2D eigenvalue weighted by molar-refractivity contribution is 0.146. The molecule has 0 amide bonds. The summed E-state index contributed by atoms with van der Waals surface area (Å²) < 4.78 is 5.27. The minimum absolute atomic E-state index is 0.0586. The summed E-state index contributed by atoms with van der Waals surface area (Å²) in [5, 5.41) is 9.16. The second-order valence-electron chi connectivity index (χ2n) is 3.26. The van der Waals surface area contributed by atoms with E-state index in [1.807, 2.05) is 38.1 Å². The van der Waals surface area contributed by atoms with Gasteiger partial charge in [0.15, 0.2) is 0 Å². The molecule has 0 heterocycles. The summed E-state index contributed by atoms with van der Waals surface area (Å²) in [5.74, 6) is 0.937. The molecular weight excluding hydrogens is 176 g/mol. The summed E-state index contributed by atoms with van der Waals surface area (Å²) in [4.78, 5) is 0. The minimum Gasteiger partial charge on any atom is -0.395 e. The normalized spacial score (nSPS) is 10.9. The second kappa shape index (κ2) is 5.78. The first-order chi connectivity index (χ1) is 6.77. The smallest absolute Gasteiger partial charge is 0.0595 e. The number of aliphatic hydroxyl groups excluding tert-OH is 1. The number of aliphatic hydroxyl groups is 1. The molecule has 0 unspecified atom stereocenters. The Labute approximate surface area is 85.5 Å². The Bertz CT molecular complexity index is 254. The standard InChI is InChI=1S/C12H17O2/c1-3-14-9-12(8-13)11-6-4-10(2)5-7-11/h4-7,13H,3,8-9H2,1-2H3. The van der Waals surface area contributed by atoms with Crippen molar-refractivity contribution in [1.29, 1.82) is 0 Å². The van der Waals surface area contributed by atoms with Crippen molar-refractivity contribution in [2.75, 3.05) is 19.8 Å². The molecule has 0 aliphatic heterocycles. The van der Waals surface area contributed by atoms with Crippen LogP contribution in [0.5, 0.6) is 0 Å². The molecule has 0 aliphatic rings. The Kier molecular flexibility index (Phi) is 4.63. The Hall–Kier alpha value is -0.860. The van der Waals surface area contributed by atoms with E-state index in [1.54, 1.807) is 0 Å². The van der Waals surface area contributed by atoms with Gasteiger partial charge in [-0.25, -0.2) is 0 Å². The fourth-order valence-corrected chi connectivity index (χ4v) is 1.23. The van der Waals surface area contributed by atoms with Crippen LogP contribution in [0.3, 0.4) is 0 Å². The third kappa shape index (κ3) is 3.13. The van der Waals surface area contributed by atoms with Gasteiger partial charge in [-0.2, -0.15) is 0 Å². The molecule has 1 radical (unpaired) electrons. The van der Waals surface area contributed by atoms with Crippen LogP contribution in [-0.2, 0) is 4.74 Å². The van der Waals surface area contributed by atoms with Crippen molar-refractivity contribution in [1.82, 2.24) is 0 Å². The van der Waals surface area contributed by atoms with Crippen LogP contribution in [-0.4, -0.2) is 24.9 Å². The molecule has 2 nitrogen and oxygen atoms in total. The van der Waals surface area contributed by atoms with E-state index >= 15 is 0 Å². The van der Waals surface area contributed by atoms with Crippen LogP contribution in [0.25, 0.3) is 0 Å². The topological polar surface area (TPSA) is 29.5 Å². The van der Waals surface area contributed by atoms with Gasteiger partial charge in [0.25, 0.3) is 0 Å². The Morgan fingerprint density at radius 3 is 2.43 bits per heavy atom. The number of rotatable bonds is 5. The summed E-state index contributed by atoms with van der Waals surface area (Å²) in [6.45, 7) is 5.24. The highest BCUT2D eigenvalue weighted by atomic mass is 16.5. The van der Waals surface area contributed by atoms with Crippen molar-refractivity contribution in [3.63, 3.8) is 0 Å². The maximum atomic E-state index is 9.16. The molecule has 0 atom stereocenters. The number of hydrogen-bond acceptors (Lipinski definition) is 2. The van der Waals surface area contributed by atoms with Crippen molar-refractivity contribution in [3.8, 4) is 0 Å². The molecule has 77 valence electrons. The molecule has 2 heteroatoms. The van der Waals surface area contributed by atoms with Crippen LogP contribution in [0.1, 0.15) is 18.1 Å². The van der Waals surface area contributed by atoms with E-state index in [-0.39, 0.29) is 6.61 Å². The van der Waals surface area contributed by atoms with Gasteiger partial charge in [0, 0.05) is 6.61 Å². The van der Waals surface area contributed by atoms with Gasteiger partial charge in [-0.15, -0.1) is 0 Å². The maximum absolute atomic E-state index is 9.16. The second-order valence-corrected chi connectivity index (χ2v) is 3.26. The third-order valence-electron chi connectivity index (χ3n) is 2.13. The first-order valence-corrected chi connectivity index (χ1v) is 4.88. The van der Waals surface area contributed by atoms with Crippen LogP contribution in [0.2, 0.25) is 0 Å². The molecule has 0 spiro atoms. The van der Waals surface area contributed by atoms with Gasteiger partial charge < -0.3 is 9.84 Å². The van der Waals surface area contributed by atoms with Gasteiger partial charge in [-0.05, 0) is 19.4 Å². The Morgan fingerprint density at radius 2 is 1.93 bits per heavy atom. The number of ether oxygens (including phenoxy) is 1. The molecule has 0 aromatic heterocycles. The molecule has 1 aromatic rings. The highest BCUT2D eigenvalue weighted by Crippen LogP contribution is 2.15. The van der Waals surface area contributed by atoms with Crippen molar-refractivity contribution >= 4 is 0 Å². The van der Waals surface area contributed by atoms with Crippen LogP contribution >= 0.6 is 0 Å². The lowest BCUT2D eigenvalue weighted by atomic mass is 10.00. The average molecular weight is 193 g/mol. The van der Waals surface area contributed by atoms with E-state index in [4.69, 9.17) is 9.84 Å². The van der Waals surface area contributed by atoms with Crippen LogP contribution < -0.4 is 0 Å². The monoisotopic (exact) mass is 193 g/mol. The molecule has 0 saturated heterocycles. The van der Waals surface area contributed by atoms with E-state index in [9.17, 15) is 0 Å². The lowest BCUT2D eigenvalue weighted by Crippen LogP contribution is -2.12. The van der Waals surface area contributed by atoms with Crippen LogP contribution in [0.15, 0.2) is 24.3 Å². The zero-order chi connectivity index (χ0) is 10.4. The first kappa shape index (κ1) is 11.2. The molecule has 0 fully saturated rings. The van der Waals surface area contributed by atoms with Crippen molar-refractivity contribution in [3.05, 3.63) is 41.3 Å². The van der Waals surface area contributed by atoms with E-state index in [1.165, 1.54) is 5.56 Å². The largest absolute Gasteiger partial charge is 0.395 e. The minimum atomic E-state index is 0.0586. The summed E-state index contributed by atoms with van der Waals surface area (Å²) in [7, 11) is 0. The number of aryl methyl sites for hydroxylation is 1. The van der Waals surface area contributed by atoms with Gasteiger partial charge in [-0.1, -0.05) is 29.8 Å². The van der Waals surface area contributed by atoms with Gasteiger partial charge in [-0.3, -0.25) is 0 Å². The molecule has 1 N–H and O–H groups in total. The quantitative estimate of drug-likeness (QED) is 0.774. The first-order valence-electron chi connectivity index (χ1n) is 4.88. The maximum Gasteiger partial charge on any atom is 0.0595 e.